The van der Waals surface area contributed by atoms with Crippen LogP contribution in [0.5, 0.6) is 0 Å². The first-order valence-corrected chi connectivity index (χ1v) is 6.07. The molecule has 0 aromatic carbocycles. The normalized spacial score (nSPS) is 22.8. The second-order valence-corrected chi connectivity index (χ2v) is 4.84. The third kappa shape index (κ3) is 3.76. The predicted molar refractivity (Wildman–Crippen MR) is 64.3 cm³/mol. The number of carbonyl (C=O) groups excluding carboxylic acids is 1. The largest absolute Gasteiger partial charge is 0.468 e. The number of methoxy groups -OCH3 is 1. The maximum atomic E-state index is 11.3. The summed E-state index contributed by atoms with van der Waals surface area (Å²) >= 11 is 0. The maximum absolute atomic E-state index is 11.3. The van der Waals surface area contributed by atoms with Crippen LogP contribution >= 0.6 is 0 Å². The molecule has 94 valence electrons. The van der Waals surface area contributed by atoms with Crippen LogP contribution in [0.3, 0.4) is 0 Å². The van der Waals surface area contributed by atoms with Gasteiger partial charge in [0.05, 0.1) is 7.11 Å². The number of hydrogen-bond acceptors (Lipinski definition) is 4. The topological polar surface area (TPSA) is 41.6 Å². The summed E-state index contributed by atoms with van der Waals surface area (Å²) in [5.74, 6) is 0.489. The van der Waals surface area contributed by atoms with Crippen LogP contribution in [0.4, 0.5) is 0 Å². The lowest BCUT2D eigenvalue weighted by atomic mass is 9.90. The Morgan fingerprint density at radius 3 is 2.44 bits per heavy atom. The summed E-state index contributed by atoms with van der Waals surface area (Å²) in [4.78, 5) is 13.6. The zero-order chi connectivity index (χ0) is 12.1. The highest BCUT2D eigenvalue weighted by Crippen LogP contribution is 2.19. The smallest absolute Gasteiger partial charge is 0.322 e. The molecule has 0 radical (unpaired) electrons. The second-order valence-electron chi connectivity index (χ2n) is 4.84. The summed E-state index contributed by atoms with van der Waals surface area (Å²) in [7, 11) is 3.59. The van der Waals surface area contributed by atoms with Crippen molar-refractivity contribution in [1.82, 2.24) is 10.2 Å². The van der Waals surface area contributed by atoms with Crippen molar-refractivity contribution in [3.8, 4) is 0 Å². The van der Waals surface area contributed by atoms with Crippen LogP contribution in [0.2, 0.25) is 0 Å². The minimum Gasteiger partial charge on any atom is -0.468 e. The fourth-order valence-corrected chi connectivity index (χ4v) is 2.30. The Morgan fingerprint density at radius 2 is 1.94 bits per heavy atom. The molecule has 2 unspecified atom stereocenters. The Kier molecular flexibility index (Phi) is 5.22. The van der Waals surface area contributed by atoms with E-state index in [2.05, 4.69) is 24.2 Å². The van der Waals surface area contributed by atoms with Gasteiger partial charge in [-0.25, -0.2) is 0 Å². The van der Waals surface area contributed by atoms with Crippen molar-refractivity contribution in [3.05, 3.63) is 0 Å². The van der Waals surface area contributed by atoms with Crippen molar-refractivity contribution in [1.29, 1.82) is 0 Å². The Bertz CT molecular complexity index is 225. The van der Waals surface area contributed by atoms with E-state index < -0.39 is 0 Å². The number of ether oxygens (including phenoxy) is 1. The summed E-state index contributed by atoms with van der Waals surface area (Å²) in [6, 6.07) is 0.169. The third-order valence-electron chi connectivity index (χ3n) is 3.54. The van der Waals surface area contributed by atoms with Gasteiger partial charge in [0.1, 0.15) is 6.04 Å². The van der Waals surface area contributed by atoms with Crippen LogP contribution < -0.4 is 5.32 Å². The van der Waals surface area contributed by atoms with Crippen LogP contribution in [0.1, 0.15) is 26.7 Å². The van der Waals surface area contributed by atoms with Gasteiger partial charge >= 0.3 is 5.97 Å². The molecule has 1 saturated heterocycles. The van der Waals surface area contributed by atoms with E-state index in [1.807, 2.05) is 6.92 Å². The van der Waals surface area contributed by atoms with Crippen LogP contribution in [-0.4, -0.2) is 50.2 Å². The van der Waals surface area contributed by atoms with Gasteiger partial charge in [0.15, 0.2) is 0 Å². The first-order valence-electron chi connectivity index (χ1n) is 6.07. The summed E-state index contributed by atoms with van der Waals surface area (Å²) in [5, 5.41) is 3.32. The Balaban J connectivity index is 2.34. The SMILES string of the molecule is COC(=O)C(C)NC(C)C1CCN(C)CC1. The standard InChI is InChI=1S/C12H24N2O2/c1-9(13-10(2)12(15)16-4)11-5-7-14(3)8-6-11/h9-11,13H,5-8H2,1-4H3. The van der Waals surface area contributed by atoms with Gasteiger partial charge < -0.3 is 15.0 Å². The van der Waals surface area contributed by atoms with Gasteiger partial charge in [-0.1, -0.05) is 0 Å². The van der Waals surface area contributed by atoms with Crippen LogP contribution in [-0.2, 0) is 9.53 Å². The molecule has 0 aromatic rings. The van der Waals surface area contributed by atoms with Crippen molar-refractivity contribution >= 4 is 5.97 Å². The van der Waals surface area contributed by atoms with Crippen LogP contribution in [0.25, 0.3) is 0 Å². The molecule has 0 spiro atoms. The molecular weight excluding hydrogens is 204 g/mol. The summed E-state index contributed by atoms with van der Waals surface area (Å²) in [5.41, 5.74) is 0. The molecule has 4 nitrogen and oxygen atoms in total. The van der Waals surface area contributed by atoms with Crippen molar-refractivity contribution in [2.75, 3.05) is 27.2 Å². The first-order chi connectivity index (χ1) is 7.54. The molecule has 0 aromatic heterocycles. The first kappa shape index (κ1) is 13.5. The molecule has 1 rings (SSSR count). The van der Waals surface area contributed by atoms with Crippen molar-refractivity contribution in [2.24, 2.45) is 5.92 Å². The fourth-order valence-electron chi connectivity index (χ4n) is 2.30. The molecule has 16 heavy (non-hydrogen) atoms. The summed E-state index contributed by atoms with van der Waals surface area (Å²) < 4.78 is 4.71. The number of nitrogens with one attached hydrogen (secondary N) is 1. The van der Waals surface area contributed by atoms with Crippen LogP contribution in [0, 0.1) is 5.92 Å². The minimum atomic E-state index is -0.209. The molecule has 2 atom stereocenters. The van der Waals surface area contributed by atoms with Gasteiger partial charge in [-0.15, -0.1) is 0 Å². The van der Waals surface area contributed by atoms with Gasteiger partial charge in [0.25, 0.3) is 0 Å². The lowest BCUT2D eigenvalue weighted by Crippen LogP contribution is -2.46. The van der Waals surface area contributed by atoms with E-state index in [1.165, 1.54) is 20.0 Å². The third-order valence-corrected chi connectivity index (χ3v) is 3.54. The highest BCUT2D eigenvalue weighted by Gasteiger charge is 2.24. The van der Waals surface area contributed by atoms with Gasteiger partial charge in [-0.3, -0.25) is 4.79 Å². The maximum Gasteiger partial charge on any atom is 0.322 e. The van der Waals surface area contributed by atoms with E-state index in [0.717, 1.165) is 13.1 Å². The lowest BCUT2D eigenvalue weighted by molar-refractivity contribution is -0.142. The zero-order valence-electron chi connectivity index (χ0n) is 10.8. The summed E-state index contributed by atoms with van der Waals surface area (Å²) in [6.45, 7) is 6.33. The minimum absolute atomic E-state index is 0.181. The van der Waals surface area contributed by atoms with Gasteiger partial charge in [-0.2, -0.15) is 0 Å². The van der Waals surface area contributed by atoms with Gasteiger partial charge in [0, 0.05) is 6.04 Å². The fraction of sp³-hybridized carbons (Fsp3) is 0.917. The van der Waals surface area contributed by atoms with Gasteiger partial charge in [0.2, 0.25) is 0 Å². The number of carbonyl (C=O) groups is 1. The number of hydrogen-bond donors (Lipinski definition) is 1. The molecule has 0 amide bonds. The molecule has 0 saturated carbocycles. The zero-order valence-corrected chi connectivity index (χ0v) is 10.8. The van der Waals surface area contributed by atoms with E-state index in [4.69, 9.17) is 4.74 Å². The number of piperidine rings is 1. The molecule has 1 fully saturated rings. The molecular formula is C12H24N2O2. The number of esters is 1. The molecule has 0 aliphatic carbocycles. The average molecular weight is 228 g/mol. The molecule has 4 heteroatoms. The Hall–Kier alpha value is -0.610. The number of rotatable bonds is 4. The molecule has 1 aliphatic heterocycles. The average Bonchev–Trinajstić information content (AvgIpc) is 2.28. The van der Waals surface area contributed by atoms with Gasteiger partial charge in [-0.05, 0) is 52.7 Å². The molecule has 1 aliphatic rings. The number of nitrogens with zero attached hydrogens (tertiary/aromatic N) is 1. The Labute approximate surface area is 98.3 Å². The monoisotopic (exact) mass is 228 g/mol. The van der Waals surface area contributed by atoms with E-state index >= 15 is 0 Å². The predicted octanol–water partition coefficient (Wildman–Crippen LogP) is 0.868. The van der Waals surface area contributed by atoms with Crippen LogP contribution in [0.15, 0.2) is 0 Å². The Morgan fingerprint density at radius 1 is 1.38 bits per heavy atom. The highest BCUT2D eigenvalue weighted by molar-refractivity contribution is 5.75. The van der Waals surface area contributed by atoms with Crippen molar-refractivity contribution < 1.29 is 9.53 Å². The van der Waals surface area contributed by atoms with E-state index in [1.54, 1.807) is 0 Å². The lowest BCUT2D eigenvalue weighted by Gasteiger charge is -2.34. The number of likely N-dealkylation sites (tertiary alicyclic amines) is 1. The quantitative estimate of drug-likeness (QED) is 0.725. The van der Waals surface area contributed by atoms with Crippen molar-refractivity contribution in [3.63, 3.8) is 0 Å². The summed E-state index contributed by atoms with van der Waals surface area (Å²) in [6.07, 6.45) is 2.41. The van der Waals surface area contributed by atoms with E-state index in [9.17, 15) is 4.79 Å². The van der Waals surface area contributed by atoms with Crippen molar-refractivity contribution in [2.45, 2.75) is 38.8 Å². The highest BCUT2D eigenvalue weighted by atomic mass is 16.5. The second kappa shape index (κ2) is 6.21. The van der Waals surface area contributed by atoms with E-state index in [0.29, 0.717) is 12.0 Å². The molecule has 1 heterocycles. The van der Waals surface area contributed by atoms with E-state index in [-0.39, 0.29) is 12.0 Å². The molecule has 0 bridgehead atoms. The molecule has 1 N–H and O–H groups in total.